The standard InChI is InChI=1S/C24H24N2O2S/c1-17-8-9-18(2)21(12-17)25-24(29)26(14-19-6-4-3-5-7-19)15-20-10-11-22-23(13-20)28-16-27-22/h3-13H,14-16H2,1-2H3,(H,25,29). The first-order chi connectivity index (χ1) is 14.1. The van der Waals surface area contributed by atoms with Gasteiger partial charge in [0.25, 0.3) is 0 Å². The van der Waals surface area contributed by atoms with Crippen LogP contribution in [0.5, 0.6) is 11.5 Å². The third kappa shape index (κ3) is 4.69. The highest BCUT2D eigenvalue weighted by atomic mass is 32.1. The Bertz CT molecular complexity index is 1020. The van der Waals surface area contributed by atoms with Crippen LogP contribution in [0.2, 0.25) is 0 Å². The zero-order valence-corrected chi connectivity index (χ0v) is 17.5. The molecule has 0 radical (unpaired) electrons. The zero-order valence-electron chi connectivity index (χ0n) is 16.6. The first-order valence-corrected chi connectivity index (χ1v) is 10.0. The van der Waals surface area contributed by atoms with Crippen molar-refractivity contribution in [1.82, 2.24) is 4.90 Å². The van der Waals surface area contributed by atoms with Gasteiger partial charge in [-0.3, -0.25) is 0 Å². The predicted octanol–water partition coefficient (Wildman–Crippen LogP) is 5.43. The lowest BCUT2D eigenvalue weighted by molar-refractivity contribution is 0.174. The second-order valence-corrected chi connectivity index (χ2v) is 7.66. The van der Waals surface area contributed by atoms with E-state index in [9.17, 15) is 0 Å². The van der Waals surface area contributed by atoms with Gasteiger partial charge in [0.15, 0.2) is 16.6 Å². The fraction of sp³-hybridized carbons (Fsp3) is 0.208. The van der Waals surface area contributed by atoms with Gasteiger partial charge in [-0.15, -0.1) is 0 Å². The summed E-state index contributed by atoms with van der Waals surface area (Å²) >= 11 is 5.82. The van der Waals surface area contributed by atoms with Crippen LogP contribution in [-0.2, 0) is 13.1 Å². The van der Waals surface area contributed by atoms with Crippen molar-refractivity contribution in [3.63, 3.8) is 0 Å². The summed E-state index contributed by atoms with van der Waals surface area (Å²) in [7, 11) is 0. The molecule has 0 atom stereocenters. The minimum absolute atomic E-state index is 0.277. The van der Waals surface area contributed by atoms with Crippen LogP contribution in [0.25, 0.3) is 0 Å². The Morgan fingerprint density at radius 2 is 1.66 bits per heavy atom. The molecule has 3 aromatic carbocycles. The van der Waals surface area contributed by atoms with Gasteiger partial charge in [-0.05, 0) is 66.5 Å². The normalized spacial score (nSPS) is 11.9. The number of hydrogen-bond donors (Lipinski definition) is 1. The molecule has 4 nitrogen and oxygen atoms in total. The van der Waals surface area contributed by atoms with Crippen molar-refractivity contribution in [3.8, 4) is 11.5 Å². The molecule has 0 spiro atoms. The van der Waals surface area contributed by atoms with Gasteiger partial charge >= 0.3 is 0 Å². The molecule has 1 heterocycles. The van der Waals surface area contributed by atoms with Crippen molar-refractivity contribution in [1.29, 1.82) is 0 Å². The molecule has 1 aliphatic heterocycles. The van der Waals surface area contributed by atoms with Gasteiger partial charge in [0.05, 0.1) is 0 Å². The Balaban J connectivity index is 1.57. The van der Waals surface area contributed by atoms with Crippen LogP contribution in [0.4, 0.5) is 5.69 Å². The van der Waals surface area contributed by atoms with E-state index >= 15 is 0 Å². The maximum Gasteiger partial charge on any atom is 0.231 e. The molecule has 0 fully saturated rings. The number of nitrogens with one attached hydrogen (secondary N) is 1. The summed E-state index contributed by atoms with van der Waals surface area (Å²) in [5.74, 6) is 1.58. The zero-order chi connectivity index (χ0) is 20.2. The maximum absolute atomic E-state index is 5.82. The fourth-order valence-corrected chi connectivity index (χ4v) is 3.57. The van der Waals surface area contributed by atoms with Gasteiger partial charge in [-0.1, -0.05) is 48.5 Å². The van der Waals surface area contributed by atoms with E-state index in [4.69, 9.17) is 21.7 Å². The summed E-state index contributed by atoms with van der Waals surface area (Å²) in [6.45, 7) is 5.83. The first kappa shape index (κ1) is 19.3. The molecular weight excluding hydrogens is 380 g/mol. The first-order valence-electron chi connectivity index (χ1n) is 9.64. The molecule has 148 valence electrons. The number of rotatable bonds is 5. The highest BCUT2D eigenvalue weighted by molar-refractivity contribution is 7.80. The lowest BCUT2D eigenvalue weighted by Gasteiger charge is -2.27. The van der Waals surface area contributed by atoms with E-state index in [-0.39, 0.29) is 6.79 Å². The molecule has 5 heteroatoms. The van der Waals surface area contributed by atoms with E-state index in [1.165, 1.54) is 16.7 Å². The summed E-state index contributed by atoms with van der Waals surface area (Å²) < 4.78 is 11.0. The van der Waals surface area contributed by atoms with Crippen LogP contribution >= 0.6 is 12.2 Å². The Morgan fingerprint density at radius 3 is 2.48 bits per heavy atom. The van der Waals surface area contributed by atoms with Crippen LogP contribution < -0.4 is 14.8 Å². The van der Waals surface area contributed by atoms with Gasteiger partial charge in [0.1, 0.15) is 0 Å². The molecule has 0 aromatic heterocycles. The number of hydrogen-bond acceptors (Lipinski definition) is 3. The minimum Gasteiger partial charge on any atom is -0.454 e. The largest absolute Gasteiger partial charge is 0.454 e. The van der Waals surface area contributed by atoms with Crippen LogP contribution in [0.1, 0.15) is 22.3 Å². The Hall–Kier alpha value is -3.05. The van der Waals surface area contributed by atoms with Crippen LogP contribution in [-0.4, -0.2) is 16.8 Å². The van der Waals surface area contributed by atoms with Crippen molar-refractivity contribution >= 4 is 23.0 Å². The fourth-order valence-electron chi connectivity index (χ4n) is 3.33. The number of anilines is 1. The number of aryl methyl sites for hydroxylation is 2. The molecule has 3 aromatic rings. The third-order valence-corrected chi connectivity index (χ3v) is 5.31. The summed E-state index contributed by atoms with van der Waals surface area (Å²) in [4.78, 5) is 2.17. The van der Waals surface area contributed by atoms with Crippen molar-refractivity contribution in [3.05, 3.63) is 89.0 Å². The monoisotopic (exact) mass is 404 g/mol. The summed E-state index contributed by atoms with van der Waals surface area (Å²) in [5.41, 5.74) is 5.74. The molecule has 0 aliphatic carbocycles. The van der Waals surface area contributed by atoms with E-state index in [1.54, 1.807) is 0 Å². The minimum atomic E-state index is 0.277. The van der Waals surface area contributed by atoms with Crippen molar-refractivity contribution in [2.75, 3.05) is 12.1 Å². The number of benzene rings is 3. The van der Waals surface area contributed by atoms with Gasteiger partial charge < -0.3 is 19.7 Å². The van der Waals surface area contributed by atoms with E-state index in [0.29, 0.717) is 18.2 Å². The number of nitrogens with zero attached hydrogens (tertiary/aromatic N) is 1. The van der Waals surface area contributed by atoms with Gasteiger partial charge in [-0.2, -0.15) is 0 Å². The second kappa shape index (κ2) is 8.53. The van der Waals surface area contributed by atoms with Crippen LogP contribution in [0.15, 0.2) is 66.7 Å². The smallest absolute Gasteiger partial charge is 0.231 e. The molecule has 1 aliphatic rings. The number of thiocarbonyl (C=S) groups is 1. The Morgan fingerprint density at radius 1 is 0.897 bits per heavy atom. The maximum atomic E-state index is 5.82. The lowest BCUT2D eigenvalue weighted by atomic mass is 10.1. The summed E-state index contributed by atoms with van der Waals surface area (Å²) in [5, 5.41) is 4.14. The summed E-state index contributed by atoms with van der Waals surface area (Å²) in [6.07, 6.45) is 0. The third-order valence-electron chi connectivity index (χ3n) is 4.95. The molecule has 0 saturated carbocycles. The molecule has 1 N–H and O–H groups in total. The van der Waals surface area contributed by atoms with Crippen molar-refractivity contribution < 1.29 is 9.47 Å². The molecule has 4 rings (SSSR count). The molecule has 0 unspecified atom stereocenters. The summed E-state index contributed by atoms with van der Waals surface area (Å²) in [6, 6.07) is 22.8. The average molecular weight is 405 g/mol. The van der Waals surface area contributed by atoms with E-state index in [2.05, 4.69) is 72.6 Å². The highest BCUT2D eigenvalue weighted by Gasteiger charge is 2.17. The molecule has 29 heavy (non-hydrogen) atoms. The van der Waals surface area contributed by atoms with Gasteiger partial charge in [0.2, 0.25) is 6.79 Å². The quantitative estimate of drug-likeness (QED) is 0.574. The highest BCUT2D eigenvalue weighted by Crippen LogP contribution is 2.33. The predicted molar refractivity (Wildman–Crippen MR) is 120 cm³/mol. The van der Waals surface area contributed by atoms with Crippen LogP contribution in [0.3, 0.4) is 0 Å². The number of ether oxygens (including phenoxy) is 2. The average Bonchev–Trinajstić information content (AvgIpc) is 3.19. The SMILES string of the molecule is Cc1ccc(C)c(NC(=S)N(Cc2ccccc2)Cc2ccc3c(c2)OCO3)c1. The molecule has 0 amide bonds. The molecule has 0 bridgehead atoms. The van der Waals surface area contributed by atoms with Crippen LogP contribution in [0, 0.1) is 13.8 Å². The van der Waals surface area contributed by atoms with E-state index in [0.717, 1.165) is 22.7 Å². The molecule has 0 saturated heterocycles. The van der Waals surface area contributed by atoms with E-state index < -0.39 is 0 Å². The molecular formula is C24H24N2O2S. The van der Waals surface area contributed by atoms with Crippen molar-refractivity contribution in [2.24, 2.45) is 0 Å². The number of fused-ring (bicyclic) bond motifs is 1. The van der Waals surface area contributed by atoms with Gasteiger partial charge in [-0.25, -0.2) is 0 Å². The second-order valence-electron chi connectivity index (χ2n) is 7.28. The lowest BCUT2D eigenvalue weighted by Crippen LogP contribution is -2.34. The Labute approximate surface area is 177 Å². The van der Waals surface area contributed by atoms with Crippen molar-refractivity contribution in [2.45, 2.75) is 26.9 Å². The van der Waals surface area contributed by atoms with Gasteiger partial charge in [0, 0.05) is 18.8 Å². The van der Waals surface area contributed by atoms with E-state index in [1.807, 2.05) is 18.2 Å². The topological polar surface area (TPSA) is 33.7 Å². The Kier molecular flexibility index (Phi) is 5.67.